The topological polar surface area (TPSA) is 51.8 Å². The van der Waals surface area contributed by atoms with Crippen LogP contribution in [0.15, 0.2) is 30.5 Å². The summed E-state index contributed by atoms with van der Waals surface area (Å²) in [4.78, 5) is 9.15. The number of fused-ring (bicyclic) bond motifs is 1. The second kappa shape index (κ2) is 4.50. The number of nitrogens with two attached hydrogens (primary N) is 1. The standard InChI is InChI=1S/C15H17N3/c1-10-4-2-5-11(8-10)15-17-9-12-13(16)6-3-7-14(12)18-15/h2,4-5,8-9,13H,3,6-7,16H2,1H3. The Kier molecular flexibility index (Phi) is 2.84. The van der Waals surface area contributed by atoms with Gasteiger partial charge in [-0.25, -0.2) is 9.97 Å². The molecule has 0 bridgehead atoms. The molecule has 0 radical (unpaired) electrons. The maximum absolute atomic E-state index is 6.08. The summed E-state index contributed by atoms with van der Waals surface area (Å²) in [5.74, 6) is 0.812. The number of hydrogen-bond acceptors (Lipinski definition) is 3. The molecule has 3 nitrogen and oxygen atoms in total. The normalized spacial score (nSPS) is 18.4. The third kappa shape index (κ3) is 2.02. The molecule has 2 aromatic rings. The van der Waals surface area contributed by atoms with E-state index in [4.69, 9.17) is 5.73 Å². The van der Waals surface area contributed by atoms with Gasteiger partial charge in [-0.2, -0.15) is 0 Å². The van der Waals surface area contributed by atoms with Gasteiger partial charge in [-0.1, -0.05) is 23.8 Å². The molecule has 0 amide bonds. The molecular formula is C15H17N3. The fourth-order valence-electron chi connectivity index (χ4n) is 2.50. The second-order valence-corrected chi connectivity index (χ2v) is 4.96. The first-order valence-corrected chi connectivity index (χ1v) is 6.42. The molecular weight excluding hydrogens is 222 g/mol. The van der Waals surface area contributed by atoms with Crippen LogP contribution in [-0.2, 0) is 6.42 Å². The first-order chi connectivity index (χ1) is 8.74. The van der Waals surface area contributed by atoms with E-state index in [1.54, 1.807) is 0 Å². The highest BCUT2D eigenvalue weighted by molar-refractivity contribution is 5.56. The molecule has 1 heterocycles. The summed E-state index contributed by atoms with van der Waals surface area (Å²) < 4.78 is 0. The molecule has 1 atom stereocenters. The van der Waals surface area contributed by atoms with Gasteiger partial charge in [0.15, 0.2) is 5.82 Å². The molecule has 0 aliphatic heterocycles. The minimum atomic E-state index is 0.111. The maximum atomic E-state index is 6.08. The fourth-order valence-corrected chi connectivity index (χ4v) is 2.50. The van der Waals surface area contributed by atoms with E-state index in [1.807, 2.05) is 12.3 Å². The lowest BCUT2D eigenvalue weighted by Crippen LogP contribution is -2.19. The highest BCUT2D eigenvalue weighted by Crippen LogP contribution is 2.27. The number of hydrogen-bond donors (Lipinski definition) is 1. The molecule has 0 spiro atoms. The molecule has 1 aliphatic carbocycles. The van der Waals surface area contributed by atoms with Gasteiger partial charge in [0.2, 0.25) is 0 Å². The van der Waals surface area contributed by atoms with Gasteiger partial charge in [-0.3, -0.25) is 0 Å². The van der Waals surface area contributed by atoms with Crippen LogP contribution in [0, 0.1) is 6.92 Å². The largest absolute Gasteiger partial charge is 0.324 e. The molecule has 1 unspecified atom stereocenters. The van der Waals surface area contributed by atoms with Crippen molar-refractivity contribution in [1.29, 1.82) is 0 Å². The number of aromatic nitrogens is 2. The van der Waals surface area contributed by atoms with Crippen LogP contribution < -0.4 is 5.73 Å². The lowest BCUT2D eigenvalue weighted by atomic mass is 9.93. The van der Waals surface area contributed by atoms with E-state index in [-0.39, 0.29) is 6.04 Å². The molecule has 1 aromatic carbocycles. The summed E-state index contributed by atoms with van der Waals surface area (Å²) in [5.41, 5.74) is 10.6. The van der Waals surface area contributed by atoms with Crippen molar-refractivity contribution < 1.29 is 0 Å². The molecule has 0 saturated heterocycles. The summed E-state index contributed by atoms with van der Waals surface area (Å²) in [6.45, 7) is 2.08. The van der Waals surface area contributed by atoms with Crippen LogP contribution in [0.25, 0.3) is 11.4 Å². The van der Waals surface area contributed by atoms with Crippen molar-refractivity contribution >= 4 is 0 Å². The lowest BCUT2D eigenvalue weighted by Gasteiger charge is -2.21. The highest BCUT2D eigenvalue weighted by Gasteiger charge is 2.19. The Hall–Kier alpha value is -1.74. The van der Waals surface area contributed by atoms with E-state index in [1.165, 1.54) is 5.56 Å². The highest BCUT2D eigenvalue weighted by atomic mass is 14.9. The minimum Gasteiger partial charge on any atom is -0.324 e. The third-order valence-electron chi connectivity index (χ3n) is 3.50. The first-order valence-electron chi connectivity index (χ1n) is 6.42. The zero-order valence-corrected chi connectivity index (χ0v) is 10.6. The average Bonchev–Trinajstić information content (AvgIpc) is 2.39. The summed E-state index contributed by atoms with van der Waals surface area (Å²) >= 11 is 0. The van der Waals surface area contributed by atoms with Gasteiger partial charge in [-0.05, 0) is 32.3 Å². The van der Waals surface area contributed by atoms with Crippen molar-refractivity contribution in [3.05, 3.63) is 47.3 Å². The molecule has 92 valence electrons. The number of aryl methyl sites for hydroxylation is 2. The molecule has 1 aromatic heterocycles. The van der Waals surface area contributed by atoms with Gasteiger partial charge in [0, 0.05) is 29.1 Å². The molecule has 18 heavy (non-hydrogen) atoms. The Morgan fingerprint density at radius 2 is 2.22 bits per heavy atom. The molecule has 0 fully saturated rings. The van der Waals surface area contributed by atoms with Crippen molar-refractivity contribution in [2.24, 2.45) is 5.73 Å². The van der Waals surface area contributed by atoms with Crippen molar-refractivity contribution in [3.8, 4) is 11.4 Å². The number of nitrogens with zero attached hydrogens (tertiary/aromatic N) is 2. The van der Waals surface area contributed by atoms with Crippen LogP contribution >= 0.6 is 0 Å². The second-order valence-electron chi connectivity index (χ2n) is 4.96. The van der Waals surface area contributed by atoms with E-state index in [2.05, 4.69) is 35.1 Å². The van der Waals surface area contributed by atoms with E-state index >= 15 is 0 Å². The van der Waals surface area contributed by atoms with Crippen molar-refractivity contribution in [1.82, 2.24) is 9.97 Å². The Labute approximate surface area is 107 Å². The van der Waals surface area contributed by atoms with Crippen LogP contribution in [0.2, 0.25) is 0 Å². The first kappa shape index (κ1) is 11.4. The number of benzene rings is 1. The third-order valence-corrected chi connectivity index (χ3v) is 3.50. The maximum Gasteiger partial charge on any atom is 0.159 e. The van der Waals surface area contributed by atoms with Crippen molar-refractivity contribution in [2.45, 2.75) is 32.2 Å². The van der Waals surface area contributed by atoms with Gasteiger partial charge in [0.05, 0.1) is 0 Å². The van der Waals surface area contributed by atoms with Crippen molar-refractivity contribution in [3.63, 3.8) is 0 Å². The van der Waals surface area contributed by atoms with E-state index in [9.17, 15) is 0 Å². The van der Waals surface area contributed by atoms with E-state index < -0.39 is 0 Å². The van der Waals surface area contributed by atoms with Gasteiger partial charge in [0.1, 0.15) is 0 Å². The van der Waals surface area contributed by atoms with Crippen LogP contribution in [0.3, 0.4) is 0 Å². The fraction of sp³-hybridized carbons (Fsp3) is 0.333. The molecule has 1 aliphatic rings. The summed E-state index contributed by atoms with van der Waals surface area (Å²) in [5, 5.41) is 0. The SMILES string of the molecule is Cc1cccc(-c2ncc3c(n2)CCCC3N)c1. The van der Waals surface area contributed by atoms with E-state index in [0.29, 0.717) is 0 Å². The van der Waals surface area contributed by atoms with Gasteiger partial charge in [0.25, 0.3) is 0 Å². The van der Waals surface area contributed by atoms with Crippen LogP contribution in [0.1, 0.15) is 35.7 Å². The van der Waals surface area contributed by atoms with Crippen LogP contribution in [-0.4, -0.2) is 9.97 Å². The predicted molar refractivity (Wildman–Crippen MR) is 72.1 cm³/mol. The van der Waals surface area contributed by atoms with Crippen molar-refractivity contribution in [2.75, 3.05) is 0 Å². The summed E-state index contributed by atoms with van der Waals surface area (Å²) in [6.07, 6.45) is 5.09. The monoisotopic (exact) mass is 239 g/mol. The van der Waals surface area contributed by atoms with Crippen LogP contribution in [0.4, 0.5) is 0 Å². The molecule has 3 rings (SSSR count). The van der Waals surface area contributed by atoms with Crippen LogP contribution in [0.5, 0.6) is 0 Å². The van der Waals surface area contributed by atoms with Gasteiger partial charge in [-0.15, -0.1) is 0 Å². The Balaban J connectivity index is 2.04. The Morgan fingerprint density at radius 3 is 3.06 bits per heavy atom. The minimum absolute atomic E-state index is 0.111. The summed E-state index contributed by atoms with van der Waals surface area (Å²) in [7, 11) is 0. The van der Waals surface area contributed by atoms with E-state index in [0.717, 1.165) is 41.9 Å². The predicted octanol–water partition coefficient (Wildman–Crippen LogP) is 2.79. The lowest BCUT2D eigenvalue weighted by molar-refractivity contribution is 0.557. The molecule has 3 heteroatoms. The average molecular weight is 239 g/mol. The summed E-state index contributed by atoms with van der Waals surface area (Å²) in [6, 6.07) is 8.40. The molecule has 0 saturated carbocycles. The zero-order valence-electron chi connectivity index (χ0n) is 10.6. The number of rotatable bonds is 1. The zero-order chi connectivity index (χ0) is 12.5. The quantitative estimate of drug-likeness (QED) is 0.832. The van der Waals surface area contributed by atoms with Gasteiger partial charge < -0.3 is 5.73 Å². The van der Waals surface area contributed by atoms with Gasteiger partial charge >= 0.3 is 0 Å². The Bertz CT molecular complexity index is 578. The molecule has 2 N–H and O–H groups in total. The smallest absolute Gasteiger partial charge is 0.159 e. The Morgan fingerprint density at radius 1 is 1.33 bits per heavy atom.